The normalized spacial score (nSPS) is 21.5. The maximum absolute atomic E-state index is 13.1. The van der Waals surface area contributed by atoms with E-state index in [0.717, 1.165) is 12.8 Å². The number of nitrogens with zero attached hydrogens (tertiary/aromatic N) is 2. The van der Waals surface area contributed by atoms with Crippen LogP contribution in [0, 0.1) is 11.7 Å². The van der Waals surface area contributed by atoms with Gasteiger partial charge >= 0.3 is 0 Å². The molecule has 10 heteroatoms. The predicted octanol–water partition coefficient (Wildman–Crippen LogP) is 0.753. The van der Waals surface area contributed by atoms with Gasteiger partial charge in [-0.15, -0.1) is 0 Å². The van der Waals surface area contributed by atoms with Gasteiger partial charge in [0.05, 0.1) is 12.1 Å². The Morgan fingerprint density at radius 3 is 2.59 bits per heavy atom. The van der Waals surface area contributed by atoms with Gasteiger partial charge in [-0.1, -0.05) is 12.1 Å². The first-order valence-electron chi connectivity index (χ1n) is 10.7. The molecule has 9 nitrogen and oxygen atoms in total. The van der Waals surface area contributed by atoms with Gasteiger partial charge in [-0.2, -0.15) is 0 Å². The lowest BCUT2D eigenvalue weighted by molar-refractivity contribution is -0.120. The highest BCUT2D eigenvalue weighted by atomic mass is 19.1. The van der Waals surface area contributed by atoms with E-state index in [9.17, 15) is 23.9 Å². The van der Waals surface area contributed by atoms with Gasteiger partial charge in [0.25, 0.3) is 11.5 Å². The molecule has 1 fully saturated rings. The van der Waals surface area contributed by atoms with Crippen LogP contribution in [0.25, 0.3) is 0 Å². The van der Waals surface area contributed by atoms with Gasteiger partial charge in [-0.25, -0.2) is 9.37 Å². The SMILES string of the molecule is CNC(=O)CNC12CCC(CC1)Cn1c2nc(C(=O)NCc2ccc(F)cc2)c(O)c1=O. The second-order valence-corrected chi connectivity index (χ2v) is 8.41. The summed E-state index contributed by atoms with van der Waals surface area (Å²) in [7, 11) is 1.55. The summed E-state index contributed by atoms with van der Waals surface area (Å²) in [6, 6.07) is 5.63. The minimum Gasteiger partial charge on any atom is -0.501 e. The summed E-state index contributed by atoms with van der Waals surface area (Å²) in [5, 5.41) is 18.9. The zero-order valence-electron chi connectivity index (χ0n) is 17.8. The van der Waals surface area contributed by atoms with Crippen molar-refractivity contribution in [2.75, 3.05) is 13.6 Å². The number of aromatic hydroxyl groups is 1. The van der Waals surface area contributed by atoms with Gasteiger partial charge in [-0.3, -0.25) is 24.3 Å². The molecule has 5 rings (SSSR count). The molecule has 1 aromatic heterocycles. The molecule has 1 aliphatic carbocycles. The number of carbonyl (C=O) groups excluding carboxylic acids is 2. The van der Waals surface area contributed by atoms with Crippen LogP contribution in [-0.4, -0.2) is 40.1 Å². The summed E-state index contributed by atoms with van der Waals surface area (Å²) in [4.78, 5) is 42.1. The number of amides is 2. The average molecular weight is 443 g/mol. The Balaban J connectivity index is 1.67. The van der Waals surface area contributed by atoms with Gasteiger partial charge in [0.2, 0.25) is 11.7 Å². The van der Waals surface area contributed by atoms with E-state index in [-0.39, 0.29) is 36.4 Å². The average Bonchev–Trinajstić information content (AvgIpc) is 3.05. The fraction of sp³-hybridized carbons (Fsp3) is 0.455. The molecule has 2 bridgehead atoms. The minimum atomic E-state index is -0.738. The Hall–Kier alpha value is -3.27. The fourth-order valence-corrected chi connectivity index (χ4v) is 4.53. The Bertz CT molecular complexity index is 1090. The van der Waals surface area contributed by atoms with E-state index in [0.29, 0.717) is 30.8 Å². The van der Waals surface area contributed by atoms with Crippen LogP contribution in [-0.2, 0) is 23.4 Å². The maximum Gasteiger partial charge on any atom is 0.296 e. The van der Waals surface area contributed by atoms with Crippen molar-refractivity contribution < 1.29 is 19.1 Å². The summed E-state index contributed by atoms with van der Waals surface area (Å²) in [5.74, 6) is -1.35. The summed E-state index contributed by atoms with van der Waals surface area (Å²) in [6.45, 7) is 0.542. The standard InChI is InChI=1S/C22H26FN5O4/c1-24-16(29)11-26-22-8-6-14(7-9-22)12-28-20(32)18(30)17(27-21(22)28)19(31)25-10-13-2-4-15(23)5-3-13/h2-5,14,26,30H,6-12H2,1H3,(H,24,29)(H,25,31). The number of aromatic nitrogens is 2. The number of benzene rings is 1. The number of halogens is 1. The number of hydrogen-bond acceptors (Lipinski definition) is 6. The van der Waals surface area contributed by atoms with Crippen LogP contribution < -0.4 is 21.5 Å². The Kier molecular flexibility index (Phi) is 5.96. The van der Waals surface area contributed by atoms with E-state index in [2.05, 4.69) is 20.9 Å². The monoisotopic (exact) mass is 443 g/mol. The largest absolute Gasteiger partial charge is 0.501 e. The molecule has 2 aromatic rings. The molecule has 170 valence electrons. The van der Waals surface area contributed by atoms with E-state index < -0.39 is 22.8 Å². The Labute approximate surface area is 184 Å². The molecule has 4 N–H and O–H groups in total. The predicted molar refractivity (Wildman–Crippen MR) is 113 cm³/mol. The number of fused-ring (bicyclic) bond motifs is 2. The molecule has 3 aliphatic rings. The van der Waals surface area contributed by atoms with Gasteiger partial charge < -0.3 is 15.7 Å². The molecule has 0 atom stereocenters. The summed E-state index contributed by atoms with van der Waals surface area (Å²) >= 11 is 0. The van der Waals surface area contributed by atoms with Crippen molar-refractivity contribution in [1.82, 2.24) is 25.5 Å². The first-order chi connectivity index (χ1) is 15.3. The topological polar surface area (TPSA) is 125 Å². The second-order valence-electron chi connectivity index (χ2n) is 8.41. The van der Waals surface area contributed by atoms with Crippen LogP contribution >= 0.6 is 0 Å². The zero-order chi connectivity index (χ0) is 22.9. The Morgan fingerprint density at radius 1 is 1.25 bits per heavy atom. The van der Waals surface area contributed by atoms with Crippen LogP contribution in [0.5, 0.6) is 5.75 Å². The first kappa shape index (κ1) is 21.9. The van der Waals surface area contributed by atoms with Crippen LogP contribution in [0.4, 0.5) is 4.39 Å². The third kappa shape index (κ3) is 4.10. The highest BCUT2D eigenvalue weighted by Gasteiger charge is 2.44. The molecule has 1 aromatic carbocycles. The van der Waals surface area contributed by atoms with Gasteiger partial charge in [-0.05, 0) is 49.3 Å². The third-order valence-corrected chi connectivity index (χ3v) is 6.42. The van der Waals surface area contributed by atoms with Crippen molar-refractivity contribution in [1.29, 1.82) is 0 Å². The molecule has 1 saturated carbocycles. The number of nitrogens with one attached hydrogen (secondary N) is 3. The molecule has 0 saturated heterocycles. The number of rotatable bonds is 6. The van der Waals surface area contributed by atoms with Crippen LogP contribution in [0.15, 0.2) is 29.1 Å². The first-order valence-corrected chi connectivity index (χ1v) is 10.7. The molecular weight excluding hydrogens is 417 g/mol. The Morgan fingerprint density at radius 2 is 1.94 bits per heavy atom. The molecule has 2 aliphatic heterocycles. The maximum atomic E-state index is 13.1. The minimum absolute atomic E-state index is 0.0456. The lowest BCUT2D eigenvalue weighted by Gasteiger charge is -2.37. The van der Waals surface area contributed by atoms with Gasteiger partial charge in [0.1, 0.15) is 11.6 Å². The van der Waals surface area contributed by atoms with Crippen LogP contribution in [0.1, 0.15) is 47.6 Å². The van der Waals surface area contributed by atoms with Crippen molar-refractivity contribution in [2.45, 2.75) is 44.3 Å². The van der Waals surface area contributed by atoms with E-state index in [1.807, 2.05) is 0 Å². The molecule has 0 spiro atoms. The van der Waals surface area contributed by atoms with Crippen molar-refractivity contribution >= 4 is 11.8 Å². The lowest BCUT2D eigenvalue weighted by atomic mass is 9.77. The van der Waals surface area contributed by atoms with Crippen LogP contribution in [0.2, 0.25) is 0 Å². The van der Waals surface area contributed by atoms with Crippen LogP contribution in [0.3, 0.4) is 0 Å². The zero-order valence-corrected chi connectivity index (χ0v) is 17.8. The molecule has 0 radical (unpaired) electrons. The summed E-state index contributed by atoms with van der Waals surface area (Å²) in [5.41, 5.74) is -1.09. The fourth-order valence-electron chi connectivity index (χ4n) is 4.53. The van der Waals surface area contributed by atoms with E-state index >= 15 is 0 Å². The number of carbonyl (C=O) groups is 2. The van der Waals surface area contributed by atoms with E-state index in [4.69, 9.17) is 0 Å². The van der Waals surface area contributed by atoms with E-state index in [1.165, 1.54) is 28.8 Å². The smallest absolute Gasteiger partial charge is 0.296 e. The van der Waals surface area contributed by atoms with Crippen molar-refractivity contribution in [2.24, 2.45) is 5.92 Å². The van der Waals surface area contributed by atoms with Crippen molar-refractivity contribution in [3.05, 3.63) is 57.5 Å². The van der Waals surface area contributed by atoms with Gasteiger partial charge in [0, 0.05) is 20.1 Å². The number of likely N-dealkylation sites (N-methyl/N-ethyl adjacent to an activating group) is 1. The lowest BCUT2D eigenvalue weighted by Crippen LogP contribution is -2.50. The highest BCUT2D eigenvalue weighted by Crippen LogP contribution is 2.42. The third-order valence-electron chi connectivity index (χ3n) is 6.42. The van der Waals surface area contributed by atoms with Crippen molar-refractivity contribution in [3.8, 4) is 5.75 Å². The summed E-state index contributed by atoms with van der Waals surface area (Å²) in [6.07, 6.45) is 3.03. The molecule has 32 heavy (non-hydrogen) atoms. The van der Waals surface area contributed by atoms with Gasteiger partial charge in [0.15, 0.2) is 5.69 Å². The highest BCUT2D eigenvalue weighted by molar-refractivity contribution is 5.94. The molecule has 2 amide bonds. The quantitative estimate of drug-likeness (QED) is 0.522. The number of hydrogen-bond donors (Lipinski definition) is 4. The molecule has 0 unspecified atom stereocenters. The second kappa shape index (κ2) is 8.70. The summed E-state index contributed by atoms with van der Waals surface area (Å²) < 4.78 is 14.5. The molecule has 3 heterocycles. The molecular formula is C22H26FN5O4. The van der Waals surface area contributed by atoms with Crippen molar-refractivity contribution in [3.63, 3.8) is 0 Å². The van der Waals surface area contributed by atoms with E-state index in [1.54, 1.807) is 7.05 Å².